The van der Waals surface area contributed by atoms with E-state index in [1.807, 2.05) is 0 Å². The van der Waals surface area contributed by atoms with Crippen molar-refractivity contribution < 1.29 is 23.8 Å². The standard InChI is InChI=1S/C21H28ClNO5/c1-8-13-9-10-14(22)17-16(13)15(11-12-26-17)23(18(24)27-20(2,3)4)19(25)28-21(5,6)7/h8-10,15H,1,11-12H2,2-7H3. The van der Waals surface area contributed by atoms with Gasteiger partial charge in [0, 0.05) is 12.0 Å². The van der Waals surface area contributed by atoms with Crippen molar-refractivity contribution in [2.75, 3.05) is 6.61 Å². The highest BCUT2D eigenvalue weighted by Crippen LogP contribution is 2.43. The van der Waals surface area contributed by atoms with E-state index in [1.54, 1.807) is 59.8 Å². The molecule has 1 aliphatic rings. The van der Waals surface area contributed by atoms with Gasteiger partial charge >= 0.3 is 12.2 Å². The van der Waals surface area contributed by atoms with Crippen LogP contribution in [0.1, 0.15) is 65.1 Å². The first-order valence-corrected chi connectivity index (χ1v) is 9.54. The molecule has 1 unspecified atom stereocenters. The maximum absolute atomic E-state index is 13.0. The number of imide groups is 1. The molecule has 0 spiro atoms. The van der Waals surface area contributed by atoms with Gasteiger partial charge in [-0.2, -0.15) is 0 Å². The van der Waals surface area contributed by atoms with Crippen molar-refractivity contribution in [1.29, 1.82) is 0 Å². The minimum atomic E-state index is -0.783. The van der Waals surface area contributed by atoms with Gasteiger partial charge in [0.1, 0.15) is 17.0 Å². The molecule has 7 heteroatoms. The largest absolute Gasteiger partial charge is 0.492 e. The van der Waals surface area contributed by atoms with E-state index < -0.39 is 29.4 Å². The topological polar surface area (TPSA) is 65.1 Å². The summed E-state index contributed by atoms with van der Waals surface area (Å²) in [6.07, 6.45) is 0.454. The third kappa shape index (κ3) is 5.19. The predicted octanol–water partition coefficient (Wildman–Crippen LogP) is 5.98. The van der Waals surface area contributed by atoms with Crippen LogP contribution in [-0.4, -0.2) is 34.9 Å². The summed E-state index contributed by atoms with van der Waals surface area (Å²) < 4.78 is 16.7. The Morgan fingerprint density at radius 3 is 2.14 bits per heavy atom. The Labute approximate surface area is 171 Å². The molecule has 0 saturated heterocycles. The highest BCUT2D eigenvalue weighted by atomic mass is 35.5. The number of halogens is 1. The monoisotopic (exact) mass is 409 g/mol. The second-order valence-electron chi connectivity index (χ2n) is 8.57. The average Bonchev–Trinajstić information content (AvgIpc) is 2.52. The second-order valence-corrected chi connectivity index (χ2v) is 8.97. The third-order valence-electron chi connectivity index (χ3n) is 3.86. The van der Waals surface area contributed by atoms with Crippen molar-refractivity contribution in [2.45, 2.75) is 65.2 Å². The molecule has 1 atom stereocenters. The van der Waals surface area contributed by atoms with Gasteiger partial charge in [-0.1, -0.05) is 30.3 Å². The van der Waals surface area contributed by atoms with Crippen molar-refractivity contribution in [1.82, 2.24) is 4.90 Å². The Morgan fingerprint density at radius 2 is 1.68 bits per heavy atom. The van der Waals surface area contributed by atoms with Gasteiger partial charge in [0.2, 0.25) is 0 Å². The number of nitrogens with zero attached hydrogens (tertiary/aromatic N) is 1. The molecule has 0 aromatic heterocycles. The molecular weight excluding hydrogens is 382 g/mol. The van der Waals surface area contributed by atoms with Gasteiger partial charge in [-0.25, -0.2) is 14.5 Å². The zero-order valence-electron chi connectivity index (χ0n) is 17.3. The summed E-state index contributed by atoms with van der Waals surface area (Å²) in [6.45, 7) is 14.5. The minimum absolute atomic E-state index is 0.292. The van der Waals surface area contributed by atoms with E-state index in [0.29, 0.717) is 29.4 Å². The van der Waals surface area contributed by atoms with E-state index in [2.05, 4.69) is 6.58 Å². The molecule has 0 radical (unpaired) electrons. The summed E-state index contributed by atoms with van der Waals surface area (Å²) in [5.41, 5.74) is -0.214. The smallest absolute Gasteiger partial charge is 0.420 e. The number of carbonyl (C=O) groups excluding carboxylic acids is 2. The first-order chi connectivity index (χ1) is 12.8. The minimum Gasteiger partial charge on any atom is -0.492 e. The normalized spacial score (nSPS) is 16.5. The number of rotatable bonds is 2. The van der Waals surface area contributed by atoms with Crippen LogP contribution in [0.25, 0.3) is 6.08 Å². The third-order valence-corrected chi connectivity index (χ3v) is 4.16. The first kappa shape index (κ1) is 22.1. The lowest BCUT2D eigenvalue weighted by molar-refractivity contribution is -0.0111. The molecular formula is C21H28ClNO5. The van der Waals surface area contributed by atoms with E-state index in [1.165, 1.54) is 0 Å². The Bertz CT molecular complexity index is 748. The van der Waals surface area contributed by atoms with E-state index >= 15 is 0 Å². The van der Waals surface area contributed by atoms with Crippen LogP contribution in [0.5, 0.6) is 5.75 Å². The molecule has 0 saturated carbocycles. The molecule has 6 nitrogen and oxygen atoms in total. The lowest BCUT2D eigenvalue weighted by Gasteiger charge is -2.37. The van der Waals surface area contributed by atoms with Crippen LogP contribution in [0.15, 0.2) is 18.7 Å². The molecule has 1 aliphatic heterocycles. The summed E-state index contributed by atoms with van der Waals surface area (Å²) in [5.74, 6) is 0.437. The molecule has 1 aromatic rings. The summed E-state index contributed by atoms with van der Waals surface area (Å²) in [4.78, 5) is 27.0. The molecule has 1 heterocycles. The zero-order valence-corrected chi connectivity index (χ0v) is 18.1. The number of hydrogen-bond acceptors (Lipinski definition) is 5. The van der Waals surface area contributed by atoms with Gasteiger partial charge in [0.25, 0.3) is 0 Å². The SMILES string of the molecule is C=Cc1ccc(Cl)c2c1C(N(C(=O)OC(C)(C)C)C(=O)OC(C)(C)C)CCO2. The molecule has 0 N–H and O–H groups in total. The van der Waals surface area contributed by atoms with Crippen LogP contribution in [-0.2, 0) is 9.47 Å². The number of carbonyl (C=O) groups is 2. The molecule has 154 valence electrons. The fraction of sp³-hybridized carbons (Fsp3) is 0.524. The Balaban J connectivity index is 2.56. The van der Waals surface area contributed by atoms with Crippen LogP contribution in [0, 0.1) is 0 Å². The Kier molecular flexibility index (Phi) is 6.34. The predicted molar refractivity (Wildman–Crippen MR) is 109 cm³/mol. The van der Waals surface area contributed by atoms with Crippen molar-refractivity contribution in [3.63, 3.8) is 0 Å². The van der Waals surface area contributed by atoms with Crippen molar-refractivity contribution in [2.24, 2.45) is 0 Å². The van der Waals surface area contributed by atoms with Gasteiger partial charge in [-0.05, 0) is 53.2 Å². The zero-order chi connectivity index (χ0) is 21.3. The second kappa shape index (κ2) is 8.03. The number of ether oxygens (including phenoxy) is 3. The quantitative estimate of drug-likeness (QED) is 0.601. The van der Waals surface area contributed by atoms with Crippen molar-refractivity contribution in [3.8, 4) is 5.75 Å². The van der Waals surface area contributed by atoms with Crippen molar-refractivity contribution in [3.05, 3.63) is 34.9 Å². The van der Waals surface area contributed by atoms with Gasteiger partial charge in [0.05, 0.1) is 17.7 Å². The van der Waals surface area contributed by atoms with Crippen LogP contribution in [0.4, 0.5) is 9.59 Å². The van der Waals surface area contributed by atoms with E-state index in [0.717, 1.165) is 10.5 Å². The van der Waals surface area contributed by atoms with Gasteiger partial charge in [-0.15, -0.1) is 0 Å². The summed E-state index contributed by atoms with van der Waals surface area (Å²) in [6, 6.07) is 2.82. The maximum atomic E-state index is 13.0. The maximum Gasteiger partial charge on any atom is 0.420 e. The van der Waals surface area contributed by atoms with E-state index in [4.69, 9.17) is 25.8 Å². The Hall–Kier alpha value is -2.21. The van der Waals surface area contributed by atoms with Crippen LogP contribution in [0.2, 0.25) is 5.02 Å². The van der Waals surface area contributed by atoms with Crippen LogP contribution >= 0.6 is 11.6 Å². The molecule has 0 bridgehead atoms. The average molecular weight is 410 g/mol. The number of fused-ring (bicyclic) bond motifs is 1. The molecule has 2 rings (SSSR count). The first-order valence-electron chi connectivity index (χ1n) is 9.17. The molecule has 0 fully saturated rings. The lowest BCUT2D eigenvalue weighted by Crippen LogP contribution is -2.46. The lowest BCUT2D eigenvalue weighted by atomic mass is 9.94. The van der Waals surface area contributed by atoms with Gasteiger partial charge in [-0.3, -0.25) is 0 Å². The summed E-state index contributed by atoms with van der Waals surface area (Å²) in [7, 11) is 0. The molecule has 28 heavy (non-hydrogen) atoms. The van der Waals surface area contributed by atoms with E-state index in [9.17, 15) is 9.59 Å². The fourth-order valence-corrected chi connectivity index (χ4v) is 3.10. The molecule has 0 aliphatic carbocycles. The summed E-state index contributed by atoms with van der Waals surface area (Å²) >= 11 is 6.30. The number of hydrogen-bond donors (Lipinski definition) is 0. The highest BCUT2D eigenvalue weighted by molar-refractivity contribution is 6.32. The molecule has 2 amide bonds. The van der Waals surface area contributed by atoms with E-state index in [-0.39, 0.29) is 0 Å². The number of benzene rings is 1. The van der Waals surface area contributed by atoms with Gasteiger partial charge < -0.3 is 14.2 Å². The fourth-order valence-electron chi connectivity index (χ4n) is 2.88. The van der Waals surface area contributed by atoms with Crippen molar-refractivity contribution >= 4 is 29.9 Å². The highest BCUT2D eigenvalue weighted by Gasteiger charge is 2.41. The molecule has 1 aromatic carbocycles. The summed E-state index contributed by atoms with van der Waals surface area (Å²) in [5, 5.41) is 0.402. The Morgan fingerprint density at radius 1 is 1.14 bits per heavy atom. The van der Waals surface area contributed by atoms with Crippen LogP contribution in [0.3, 0.4) is 0 Å². The van der Waals surface area contributed by atoms with Gasteiger partial charge in [0.15, 0.2) is 0 Å². The van der Waals surface area contributed by atoms with Crippen LogP contribution < -0.4 is 4.74 Å². The number of amides is 2.